The Balaban J connectivity index is 1.78. The maximum absolute atomic E-state index is 12.2. The summed E-state index contributed by atoms with van der Waals surface area (Å²) >= 11 is 0. The van der Waals surface area contributed by atoms with Crippen LogP contribution in [0.15, 0.2) is 24.3 Å². The van der Waals surface area contributed by atoms with Crippen LogP contribution >= 0.6 is 0 Å². The number of benzene rings is 1. The first-order chi connectivity index (χ1) is 9.56. The highest BCUT2D eigenvalue weighted by Gasteiger charge is 2.22. The fraction of sp³-hybridized carbons (Fsp3) is 0.562. The number of carbonyl (C=O) groups is 1. The SMILES string of the molecule is CN1CCC(CN(C)C(=O)CCc2ccccc2N)C1. The number of likely N-dealkylation sites (tertiary alicyclic amines) is 1. The minimum absolute atomic E-state index is 0.211. The molecular weight excluding hydrogens is 250 g/mol. The molecule has 1 aromatic carbocycles. The van der Waals surface area contributed by atoms with Crippen LogP contribution in [-0.2, 0) is 11.2 Å². The first kappa shape index (κ1) is 14.9. The molecule has 1 aliphatic heterocycles. The van der Waals surface area contributed by atoms with E-state index in [1.807, 2.05) is 36.2 Å². The fourth-order valence-electron chi connectivity index (χ4n) is 2.86. The van der Waals surface area contributed by atoms with Gasteiger partial charge in [-0.3, -0.25) is 4.79 Å². The normalized spacial score (nSPS) is 19.2. The molecule has 0 aromatic heterocycles. The smallest absolute Gasteiger partial charge is 0.222 e. The lowest BCUT2D eigenvalue weighted by Crippen LogP contribution is -2.33. The summed E-state index contributed by atoms with van der Waals surface area (Å²) in [6, 6.07) is 7.77. The topological polar surface area (TPSA) is 49.6 Å². The van der Waals surface area contributed by atoms with Gasteiger partial charge in [0.25, 0.3) is 0 Å². The fourth-order valence-corrected chi connectivity index (χ4v) is 2.86. The predicted molar refractivity (Wildman–Crippen MR) is 82.4 cm³/mol. The zero-order valence-corrected chi connectivity index (χ0v) is 12.5. The third kappa shape index (κ3) is 3.97. The first-order valence-corrected chi connectivity index (χ1v) is 7.32. The molecule has 1 amide bonds. The number of para-hydroxylation sites is 1. The Morgan fingerprint density at radius 2 is 2.20 bits per heavy atom. The molecular formula is C16H25N3O. The van der Waals surface area contributed by atoms with Crippen molar-refractivity contribution >= 4 is 11.6 Å². The highest BCUT2D eigenvalue weighted by atomic mass is 16.2. The molecule has 2 N–H and O–H groups in total. The minimum atomic E-state index is 0.211. The van der Waals surface area contributed by atoms with Crippen molar-refractivity contribution in [1.29, 1.82) is 0 Å². The summed E-state index contributed by atoms with van der Waals surface area (Å²) in [6.07, 6.45) is 2.45. The third-order valence-corrected chi connectivity index (χ3v) is 4.11. The highest BCUT2D eigenvalue weighted by molar-refractivity contribution is 5.76. The standard InChI is InChI=1S/C16H25N3O/c1-18-10-9-13(11-18)12-19(2)16(20)8-7-14-5-3-4-6-15(14)17/h3-6,13H,7-12,17H2,1-2H3. The molecule has 0 spiro atoms. The Kier molecular flexibility index (Phi) is 5.01. The van der Waals surface area contributed by atoms with Crippen molar-refractivity contribution in [2.24, 2.45) is 5.92 Å². The number of hydrogen-bond acceptors (Lipinski definition) is 3. The number of anilines is 1. The van der Waals surface area contributed by atoms with Crippen LogP contribution in [0.4, 0.5) is 5.69 Å². The molecule has 1 aliphatic rings. The number of nitrogen functional groups attached to an aromatic ring is 1. The third-order valence-electron chi connectivity index (χ3n) is 4.11. The number of nitrogens with zero attached hydrogens (tertiary/aromatic N) is 2. The molecule has 110 valence electrons. The second kappa shape index (κ2) is 6.75. The number of rotatable bonds is 5. The molecule has 2 rings (SSSR count). The molecule has 4 nitrogen and oxygen atoms in total. The lowest BCUT2D eigenvalue weighted by molar-refractivity contribution is -0.130. The van der Waals surface area contributed by atoms with Crippen LogP contribution in [0.25, 0.3) is 0 Å². The molecule has 0 bridgehead atoms. The van der Waals surface area contributed by atoms with Crippen LogP contribution in [0, 0.1) is 5.92 Å². The van der Waals surface area contributed by atoms with E-state index < -0.39 is 0 Å². The van der Waals surface area contributed by atoms with Gasteiger partial charge in [-0.25, -0.2) is 0 Å². The predicted octanol–water partition coefficient (Wildman–Crippen LogP) is 1.61. The van der Waals surface area contributed by atoms with Crippen LogP contribution in [0.5, 0.6) is 0 Å². The van der Waals surface area contributed by atoms with Crippen molar-refractivity contribution in [2.75, 3.05) is 39.5 Å². The van der Waals surface area contributed by atoms with Gasteiger partial charge >= 0.3 is 0 Å². The molecule has 4 heteroatoms. The molecule has 1 aromatic rings. The Morgan fingerprint density at radius 1 is 1.45 bits per heavy atom. The molecule has 1 unspecified atom stereocenters. The van der Waals surface area contributed by atoms with E-state index in [1.165, 1.54) is 6.42 Å². The van der Waals surface area contributed by atoms with E-state index in [-0.39, 0.29) is 5.91 Å². The van der Waals surface area contributed by atoms with E-state index in [0.29, 0.717) is 12.3 Å². The monoisotopic (exact) mass is 275 g/mol. The number of amides is 1. The van der Waals surface area contributed by atoms with E-state index in [1.54, 1.807) is 0 Å². The Bertz CT molecular complexity index is 461. The summed E-state index contributed by atoms with van der Waals surface area (Å²) in [7, 11) is 4.05. The van der Waals surface area contributed by atoms with Crippen molar-refractivity contribution < 1.29 is 4.79 Å². The Hall–Kier alpha value is -1.55. The summed E-state index contributed by atoms with van der Waals surface area (Å²) in [5, 5.41) is 0. The Morgan fingerprint density at radius 3 is 2.85 bits per heavy atom. The van der Waals surface area contributed by atoms with Gasteiger partial charge in [-0.05, 0) is 44.0 Å². The minimum Gasteiger partial charge on any atom is -0.399 e. The lowest BCUT2D eigenvalue weighted by atomic mass is 10.1. The zero-order valence-electron chi connectivity index (χ0n) is 12.5. The average molecular weight is 275 g/mol. The van der Waals surface area contributed by atoms with Gasteiger partial charge in [-0.15, -0.1) is 0 Å². The maximum atomic E-state index is 12.2. The number of aryl methyl sites for hydroxylation is 1. The molecule has 0 saturated carbocycles. The van der Waals surface area contributed by atoms with E-state index in [9.17, 15) is 4.79 Å². The van der Waals surface area contributed by atoms with Gasteiger partial charge in [0.15, 0.2) is 0 Å². The molecule has 0 aliphatic carbocycles. The van der Waals surface area contributed by atoms with Crippen molar-refractivity contribution in [3.63, 3.8) is 0 Å². The van der Waals surface area contributed by atoms with Gasteiger partial charge in [0.05, 0.1) is 0 Å². The van der Waals surface area contributed by atoms with E-state index in [4.69, 9.17) is 5.73 Å². The molecule has 1 fully saturated rings. The Labute approximate surface area is 121 Å². The molecule has 0 radical (unpaired) electrons. The van der Waals surface area contributed by atoms with Crippen LogP contribution in [0.2, 0.25) is 0 Å². The van der Waals surface area contributed by atoms with Crippen molar-refractivity contribution in [2.45, 2.75) is 19.3 Å². The van der Waals surface area contributed by atoms with E-state index in [2.05, 4.69) is 11.9 Å². The average Bonchev–Trinajstić information content (AvgIpc) is 2.82. The second-order valence-corrected chi connectivity index (χ2v) is 5.89. The quantitative estimate of drug-likeness (QED) is 0.831. The molecule has 1 atom stereocenters. The molecule has 1 heterocycles. The van der Waals surface area contributed by atoms with Gasteiger partial charge < -0.3 is 15.5 Å². The van der Waals surface area contributed by atoms with Gasteiger partial charge in [0.2, 0.25) is 5.91 Å². The number of nitrogens with two attached hydrogens (primary N) is 1. The van der Waals surface area contributed by atoms with E-state index in [0.717, 1.165) is 37.3 Å². The van der Waals surface area contributed by atoms with Crippen LogP contribution in [0.1, 0.15) is 18.4 Å². The highest BCUT2D eigenvalue weighted by Crippen LogP contribution is 2.17. The van der Waals surface area contributed by atoms with Gasteiger partial charge in [0.1, 0.15) is 0 Å². The zero-order chi connectivity index (χ0) is 14.5. The van der Waals surface area contributed by atoms with Crippen LogP contribution in [-0.4, -0.2) is 49.4 Å². The van der Waals surface area contributed by atoms with Crippen molar-refractivity contribution in [3.8, 4) is 0 Å². The number of carbonyl (C=O) groups excluding carboxylic acids is 1. The summed E-state index contributed by atoms with van der Waals surface area (Å²) in [5.41, 5.74) is 7.74. The lowest BCUT2D eigenvalue weighted by Gasteiger charge is -2.21. The summed E-state index contributed by atoms with van der Waals surface area (Å²) < 4.78 is 0. The summed E-state index contributed by atoms with van der Waals surface area (Å²) in [6.45, 7) is 3.12. The second-order valence-electron chi connectivity index (χ2n) is 5.89. The molecule has 20 heavy (non-hydrogen) atoms. The number of hydrogen-bond donors (Lipinski definition) is 1. The first-order valence-electron chi connectivity index (χ1n) is 7.32. The van der Waals surface area contributed by atoms with Crippen LogP contribution < -0.4 is 5.73 Å². The largest absolute Gasteiger partial charge is 0.399 e. The van der Waals surface area contributed by atoms with Gasteiger partial charge in [-0.1, -0.05) is 18.2 Å². The van der Waals surface area contributed by atoms with Crippen molar-refractivity contribution in [1.82, 2.24) is 9.80 Å². The van der Waals surface area contributed by atoms with Gasteiger partial charge in [0, 0.05) is 32.2 Å². The summed E-state index contributed by atoms with van der Waals surface area (Å²) in [5.74, 6) is 0.832. The molecule has 1 saturated heterocycles. The van der Waals surface area contributed by atoms with Crippen molar-refractivity contribution in [3.05, 3.63) is 29.8 Å². The van der Waals surface area contributed by atoms with Gasteiger partial charge in [-0.2, -0.15) is 0 Å². The maximum Gasteiger partial charge on any atom is 0.222 e. The van der Waals surface area contributed by atoms with Crippen LogP contribution in [0.3, 0.4) is 0 Å². The van der Waals surface area contributed by atoms with E-state index >= 15 is 0 Å². The summed E-state index contributed by atoms with van der Waals surface area (Å²) in [4.78, 5) is 16.4.